The van der Waals surface area contributed by atoms with Gasteiger partial charge in [0.1, 0.15) is 17.3 Å². The number of carbonyl (C=O) groups excluding carboxylic acids is 1. The number of anilines is 2. The van der Waals surface area contributed by atoms with Crippen molar-refractivity contribution in [2.75, 3.05) is 17.3 Å². The molecule has 6 heteroatoms. The second-order valence-electron chi connectivity index (χ2n) is 5.57. The van der Waals surface area contributed by atoms with E-state index in [2.05, 4.69) is 15.3 Å². The summed E-state index contributed by atoms with van der Waals surface area (Å²) in [4.78, 5) is 22.5. The van der Waals surface area contributed by atoms with Crippen molar-refractivity contribution in [3.05, 3.63) is 84.1 Å². The molecule has 0 bridgehead atoms. The minimum absolute atomic E-state index is 0.168. The Balaban J connectivity index is 1.66. The number of carbonyl (C=O) groups is 1. The number of nitrogens with one attached hydrogen (secondary N) is 1. The molecule has 0 spiro atoms. The van der Waals surface area contributed by atoms with E-state index in [1.165, 1.54) is 24.4 Å². The molecule has 1 N–H and O–H groups in total. The molecule has 0 aliphatic carbocycles. The Morgan fingerprint density at radius 1 is 1.08 bits per heavy atom. The van der Waals surface area contributed by atoms with E-state index in [1.807, 2.05) is 42.3 Å². The molecule has 1 aromatic heterocycles. The number of nitrogens with zero attached hydrogens (tertiary/aromatic N) is 3. The predicted octanol–water partition coefficient (Wildman–Crippen LogP) is 3.50. The molecule has 0 radical (unpaired) electrons. The summed E-state index contributed by atoms with van der Waals surface area (Å²) in [6, 6.07) is 15.7. The van der Waals surface area contributed by atoms with E-state index in [-0.39, 0.29) is 5.69 Å². The summed E-state index contributed by atoms with van der Waals surface area (Å²) in [7, 11) is 1.91. The van der Waals surface area contributed by atoms with Crippen LogP contribution in [0.2, 0.25) is 0 Å². The summed E-state index contributed by atoms with van der Waals surface area (Å²) in [6.45, 7) is 0.685. The number of aromatic nitrogens is 2. The number of rotatable bonds is 5. The smallest absolute Gasteiger partial charge is 0.275 e. The largest absolute Gasteiger partial charge is 0.354 e. The summed E-state index contributed by atoms with van der Waals surface area (Å²) in [5.74, 6) is -0.191. The normalized spacial score (nSPS) is 10.3. The number of halogens is 1. The van der Waals surface area contributed by atoms with Gasteiger partial charge in [-0.05, 0) is 23.8 Å². The van der Waals surface area contributed by atoms with Gasteiger partial charge >= 0.3 is 0 Å². The van der Waals surface area contributed by atoms with E-state index < -0.39 is 11.7 Å². The molecule has 0 aliphatic rings. The predicted molar refractivity (Wildman–Crippen MR) is 94.9 cm³/mol. The van der Waals surface area contributed by atoms with Crippen LogP contribution in [-0.2, 0) is 6.54 Å². The Kier molecular flexibility index (Phi) is 4.99. The first-order chi connectivity index (χ1) is 12.1. The number of hydrogen-bond acceptors (Lipinski definition) is 4. The maximum absolute atomic E-state index is 13.2. The van der Waals surface area contributed by atoms with E-state index >= 15 is 0 Å². The highest BCUT2D eigenvalue weighted by molar-refractivity contribution is 6.02. The van der Waals surface area contributed by atoms with Crippen LogP contribution in [0.1, 0.15) is 16.1 Å². The third kappa shape index (κ3) is 4.38. The Morgan fingerprint density at radius 3 is 2.56 bits per heavy atom. The third-order valence-corrected chi connectivity index (χ3v) is 3.61. The van der Waals surface area contributed by atoms with E-state index in [1.54, 1.807) is 12.3 Å². The summed E-state index contributed by atoms with van der Waals surface area (Å²) in [5.41, 5.74) is 1.69. The van der Waals surface area contributed by atoms with Gasteiger partial charge in [0.15, 0.2) is 0 Å². The van der Waals surface area contributed by atoms with Crippen LogP contribution in [0.15, 0.2) is 67.0 Å². The maximum atomic E-state index is 13.2. The van der Waals surface area contributed by atoms with Crippen molar-refractivity contribution in [1.29, 1.82) is 0 Å². The Hall–Kier alpha value is -3.28. The second kappa shape index (κ2) is 7.53. The van der Waals surface area contributed by atoms with Gasteiger partial charge < -0.3 is 10.2 Å². The fraction of sp³-hybridized carbons (Fsp3) is 0.105. The fourth-order valence-electron chi connectivity index (χ4n) is 2.34. The highest BCUT2D eigenvalue weighted by Crippen LogP contribution is 2.13. The average molecular weight is 336 g/mol. The molecule has 3 aromatic rings. The monoisotopic (exact) mass is 336 g/mol. The molecule has 0 fully saturated rings. The molecule has 3 rings (SSSR count). The summed E-state index contributed by atoms with van der Waals surface area (Å²) < 4.78 is 13.2. The molecule has 0 saturated heterocycles. The number of amides is 1. The Morgan fingerprint density at radius 2 is 1.88 bits per heavy atom. The highest BCUT2D eigenvalue weighted by Gasteiger charge is 2.10. The molecule has 1 heterocycles. The molecular formula is C19H17FN4O. The molecule has 1 amide bonds. The summed E-state index contributed by atoms with van der Waals surface area (Å²) in [5, 5.41) is 2.59. The van der Waals surface area contributed by atoms with Crippen molar-refractivity contribution in [2.24, 2.45) is 0 Å². The fourth-order valence-corrected chi connectivity index (χ4v) is 2.34. The number of hydrogen-bond donors (Lipinski definition) is 1. The van der Waals surface area contributed by atoms with Crippen LogP contribution in [0.3, 0.4) is 0 Å². The lowest BCUT2D eigenvalue weighted by atomic mass is 10.2. The second-order valence-corrected chi connectivity index (χ2v) is 5.57. The van der Waals surface area contributed by atoms with Crippen molar-refractivity contribution in [3.63, 3.8) is 0 Å². The van der Waals surface area contributed by atoms with Gasteiger partial charge in [-0.25, -0.2) is 14.4 Å². The average Bonchev–Trinajstić information content (AvgIpc) is 2.62. The molecule has 2 aromatic carbocycles. The lowest BCUT2D eigenvalue weighted by Crippen LogP contribution is -2.19. The molecule has 0 unspecified atom stereocenters. The first kappa shape index (κ1) is 16.6. The molecule has 25 heavy (non-hydrogen) atoms. The quantitative estimate of drug-likeness (QED) is 0.775. The van der Waals surface area contributed by atoms with Crippen molar-refractivity contribution in [1.82, 2.24) is 9.97 Å². The molecule has 5 nitrogen and oxygen atoms in total. The lowest BCUT2D eigenvalue weighted by molar-refractivity contribution is 0.102. The standard InChI is InChI=1S/C19H17FN4O/c1-24(13-14-6-3-2-4-7-14)18-12-21-17(11-22-18)19(25)23-16-9-5-8-15(20)10-16/h2-12H,13H2,1H3,(H,23,25). The van der Waals surface area contributed by atoms with Gasteiger partial charge in [-0.3, -0.25) is 4.79 Å². The molecular weight excluding hydrogens is 319 g/mol. The molecule has 0 saturated carbocycles. The van der Waals surface area contributed by atoms with Crippen LogP contribution in [0.25, 0.3) is 0 Å². The van der Waals surface area contributed by atoms with Gasteiger partial charge in [-0.1, -0.05) is 36.4 Å². The van der Waals surface area contributed by atoms with E-state index in [4.69, 9.17) is 0 Å². The minimum Gasteiger partial charge on any atom is -0.354 e. The highest BCUT2D eigenvalue weighted by atomic mass is 19.1. The molecule has 0 aliphatic heterocycles. The molecule has 126 valence electrons. The van der Waals surface area contributed by atoms with Crippen LogP contribution in [0.5, 0.6) is 0 Å². The van der Waals surface area contributed by atoms with Crippen molar-refractivity contribution < 1.29 is 9.18 Å². The number of benzene rings is 2. The van der Waals surface area contributed by atoms with Crippen LogP contribution >= 0.6 is 0 Å². The van der Waals surface area contributed by atoms with Gasteiger partial charge in [0.05, 0.1) is 12.4 Å². The SMILES string of the molecule is CN(Cc1ccccc1)c1cnc(C(=O)Nc2cccc(F)c2)cn1. The van der Waals surface area contributed by atoms with Crippen LogP contribution in [0.4, 0.5) is 15.9 Å². The zero-order valence-electron chi connectivity index (χ0n) is 13.7. The van der Waals surface area contributed by atoms with E-state index in [9.17, 15) is 9.18 Å². The van der Waals surface area contributed by atoms with Crippen molar-refractivity contribution in [3.8, 4) is 0 Å². The van der Waals surface area contributed by atoms with E-state index in [0.717, 1.165) is 5.56 Å². The zero-order chi connectivity index (χ0) is 17.6. The minimum atomic E-state index is -0.435. The first-order valence-corrected chi connectivity index (χ1v) is 7.76. The van der Waals surface area contributed by atoms with Gasteiger partial charge in [-0.2, -0.15) is 0 Å². The van der Waals surface area contributed by atoms with Crippen molar-refractivity contribution in [2.45, 2.75) is 6.54 Å². The van der Waals surface area contributed by atoms with Crippen LogP contribution in [0, 0.1) is 5.82 Å². The first-order valence-electron chi connectivity index (χ1n) is 7.76. The summed E-state index contributed by atoms with van der Waals surface area (Å²) >= 11 is 0. The van der Waals surface area contributed by atoms with Gasteiger partial charge in [-0.15, -0.1) is 0 Å². The van der Waals surface area contributed by atoms with Gasteiger partial charge in [0.2, 0.25) is 0 Å². The van der Waals surface area contributed by atoms with Crippen LogP contribution < -0.4 is 10.2 Å². The topological polar surface area (TPSA) is 58.1 Å². The van der Waals surface area contributed by atoms with E-state index in [0.29, 0.717) is 18.1 Å². The van der Waals surface area contributed by atoms with Crippen molar-refractivity contribution >= 4 is 17.4 Å². The van der Waals surface area contributed by atoms with Gasteiger partial charge in [0.25, 0.3) is 5.91 Å². The Bertz CT molecular complexity index is 853. The third-order valence-electron chi connectivity index (χ3n) is 3.61. The molecule has 0 atom stereocenters. The maximum Gasteiger partial charge on any atom is 0.275 e. The van der Waals surface area contributed by atoms with Gasteiger partial charge in [0, 0.05) is 19.3 Å². The zero-order valence-corrected chi connectivity index (χ0v) is 13.7. The summed E-state index contributed by atoms with van der Waals surface area (Å²) in [6.07, 6.45) is 2.95. The lowest BCUT2D eigenvalue weighted by Gasteiger charge is -2.17. The Labute approximate surface area is 145 Å². The van der Waals surface area contributed by atoms with Crippen LogP contribution in [-0.4, -0.2) is 22.9 Å².